The third-order valence-electron chi connectivity index (χ3n) is 2.73. The number of benzene rings is 1. The molecule has 2 heteroatoms. The lowest BCUT2D eigenvalue weighted by atomic mass is 10.0. The van der Waals surface area contributed by atoms with Crippen LogP contribution in [0.3, 0.4) is 0 Å². The molecule has 16 heavy (non-hydrogen) atoms. The molecule has 1 aromatic rings. The number of anilines is 1. The van der Waals surface area contributed by atoms with Gasteiger partial charge in [0.1, 0.15) is 0 Å². The zero-order valence-corrected chi connectivity index (χ0v) is 11.2. The SMILES string of the molecule is CC(C)CCCCCc1ccc(N)cc1.Cl. The molecule has 1 nitrogen and oxygen atoms in total. The van der Waals surface area contributed by atoms with Gasteiger partial charge in [-0.3, -0.25) is 0 Å². The van der Waals surface area contributed by atoms with Gasteiger partial charge < -0.3 is 5.73 Å². The Morgan fingerprint density at radius 3 is 2.19 bits per heavy atom. The lowest BCUT2D eigenvalue weighted by Crippen LogP contribution is -1.90. The second kappa shape index (κ2) is 8.46. The molecule has 0 aliphatic carbocycles. The summed E-state index contributed by atoms with van der Waals surface area (Å²) in [5, 5.41) is 0. The molecule has 0 saturated carbocycles. The lowest BCUT2D eigenvalue weighted by molar-refractivity contribution is 0.527. The second-order valence-electron chi connectivity index (χ2n) is 4.73. The quantitative estimate of drug-likeness (QED) is 0.578. The fourth-order valence-corrected chi connectivity index (χ4v) is 1.74. The van der Waals surface area contributed by atoms with Crippen LogP contribution in [0, 0.1) is 5.92 Å². The minimum absolute atomic E-state index is 0. The Bertz CT molecular complexity index is 267. The van der Waals surface area contributed by atoms with Crippen LogP contribution >= 0.6 is 12.4 Å². The minimum Gasteiger partial charge on any atom is -0.399 e. The lowest BCUT2D eigenvalue weighted by Gasteiger charge is -2.04. The van der Waals surface area contributed by atoms with Crippen LogP contribution in [0.2, 0.25) is 0 Å². The standard InChI is InChI=1S/C14H23N.ClH/c1-12(2)6-4-3-5-7-13-8-10-14(15)11-9-13;/h8-12H,3-7,15H2,1-2H3;1H. The smallest absolute Gasteiger partial charge is 0.0314 e. The van der Waals surface area contributed by atoms with Gasteiger partial charge in [-0.25, -0.2) is 0 Å². The molecule has 1 rings (SSSR count). The molecule has 92 valence electrons. The van der Waals surface area contributed by atoms with Gasteiger partial charge in [0.2, 0.25) is 0 Å². The van der Waals surface area contributed by atoms with Gasteiger partial charge in [0.25, 0.3) is 0 Å². The Balaban J connectivity index is 0.00000225. The van der Waals surface area contributed by atoms with Crippen molar-refractivity contribution in [1.82, 2.24) is 0 Å². The first-order valence-corrected chi connectivity index (χ1v) is 6.03. The third-order valence-corrected chi connectivity index (χ3v) is 2.73. The van der Waals surface area contributed by atoms with E-state index < -0.39 is 0 Å². The molecular weight excluding hydrogens is 218 g/mol. The average molecular weight is 242 g/mol. The number of rotatable bonds is 6. The van der Waals surface area contributed by atoms with Crippen molar-refractivity contribution >= 4 is 18.1 Å². The highest BCUT2D eigenvalue weighted by Crippen LogP contribution is 2.12. The van der Waals surface area contributed by atoms with E-state index in [2.05, 4.69) is 26.0 Å². The third kappa shape index (κ3) is 6.73. The van der Waals surface area contributed by atoms with Gasteiger partial charge in [-0.05, 0) is 36.5 Å². The van der Waals surface area contributed by atoms with E-state index in [1.165, 1.54) is 37.7 Å². The summed E-state index contributed by atoms with van der Waals surface area (Å²) in [7, 11) is 0. The molecule has 0 bridgehead atoms. The van der Waals surface area contributed by atoms with Crippen LogP contribution < -0.4 is 5.73 Å². The fourth-order valence-electron chi connectivity index (χ4n) is 1.74. The Labute approximate surface area is 106 Å². The van der Waals surface area contributed by atoms with Crippen LogP contribution in [0.5, 0.6) is 0 Å². The molecule has 0 amide bonds. The summed E-state index contributed by atoms with van der Waals surface area (Å²) in [6.45, 7) is 4.58. The largest absolute Gasteiger partial charge is 0.399 e. The van der Waals surface area contributed by atoms with Crippen molar-refractivity contribution in [2.75, 3.05) is 5.73 Å². The molecule has 0 radical (unpaired) electrons. The van der Waals surface area contributed by atoms with Crippen LogP contribution in [-0.4, -0.2) is 0 Å². The Kier molecular flexibility index (Phi) is 8.10. The first-order chi connectivity index (χ1) is 7.18. The van der Waals surface area contributed by atoms with Crippen LogP contribution in [-0.2, 0) is 6.42 Å². The van der Waals surface area contributed by atoms with Crippen molar-refractivity contribution in [2.24, 2.45) is 5.92 Å². The average Bonchev–Trinajstić information content (AvgIpc) is 2.20. The normalized spacial score (nSPS) is 10.2. The molecule has 0 aromatic heterocycles. The van der Waals surface area contributed by atoms with E-state index in [-0.39, 0.29) is 12.4 Å². The number of halogens is 1. The van der Waals surface area contributed by atoms with Gasteiger partial charge in [-0.1, -0.05) is 45.2 Å². The maximum Gasteiger partial charge on any atom is 0.0314 e. The summed E-state index contributed by atoms with van der Waals surface area (Å²) in [6, 6.07) is 8.25. The van der Waals surface area contributed by atoms with E-state index in [1.807, 2.05) is 12.1 Å². The Hall–Kier alpha value is -0.690. The maximum absolute atomic E-state index is 5.64. The zero-order valence-electron chi connectivity index (χ0n) is 10.4. The topological polar surface area (TPSA) is 26.0 Å². The highest BCUT2D eigenvalue weighted by molar-refractivity contribution is 5.85. The molecule has 0 saturated heterocycles. The predicted octanol–water partition coefficient (Wildman–Crippen LogP) is 4.45. The van der Waals surface area contributed by atoms with Gasteiger partial charge in [-0.2, -0.15) is 0 Å². The van der Waals surface area contributed by atoms with Crippen molar-refractivity contribution in [3.63, 3.8) is 0 Å². The summed E-state index contributed by atoms with van der Waals surface area (Å²) in [5.74, 6) is 0.849. The van der Waals surface area contributed by atoms with Crippen molar-refractivity contribution < 1.29 is 0 Å². The molecule has 0 aliphatic heterocycles. The number of nitrogens with two attached hydrogens (primary N) is 1. The van der Waals surface area contributed by atoms with E-state index in [1.54, 1.807) is 0 Å². The summed E-state index contributed by atoms with van der Waals surface area (Å²) >= 11 is 0. The monoisotopic (exact) mass is 241 g/mol. The van der Waals surface area contributed by atoms with Crippen LogP contribution in [0.1, 0.15) is 45.1 Å². The number of nitrogen functional groups attached to an aromatic ring is 1. The summed E-state index contributed by atoms with van der Waals surface area (Å²) in [4.78, 5) is 0. The number of aryl methyl sites for hydroxylation is 1. The van der Waals surface area contributed by atoms with Crippen molar-refractivity contribution in [1.29, 1.82) is 0 Å². The second-order valence-corrected chi connectivity index (χ2v) is 4.73. The molecule has 2 N–H and O–H groups in total. The van der Waals surface area contributed by atoms with Crippen molar-refractivity contribution in [3.05, 3.63) is 29.8 Å². The van der Waals surface area contributed by atoms with Gasteiger partial charge in [0, 0.05) is 5.69 Å². The molecular formula is C14H24ClN. The molecule has 0 atom stereocenters. The molecule has 0 aliphatic rings. The van der Waals surface area contributed by atoms with Gasteiger partial charge in [0.15, 0.2) is 0 Å². The van der Waals surface area contributed by atoms with Crippen LogP contribution in [0.4, 0.5) is 5.69 Å². The number of hydrogen-bond acceptors (Lipinski definition) is 1. The van der Waals surface area contributed by atoms with Crippen molar-refractivity contribution in [3.8, 4) is 0 Å². The first kappa shape index (κ1) is 15.3. The Morgan fingerprint density at radius 2 is 1.62 bits per heavy atom. The van der Waals surface area contributed by atoms with E-state index >= 15 is 0 Å². The maximum atomic E-state index is 5.64. The van der Waals surface area contributed by atoms with E-state index in [0.29, 0.717) is 0 Å². The van der Waals surface area contributed by atoms with Crippen LogP contribution in [0.25, 0.3) is 0 Å². The van der Waals surface area contributed by atoms with Crippen LogP contribution in [0.15, 0.2) is 24.3 Å². The minimum atomic E-state index is 0. The first-order valence-electron chi connectivity index (χ1n) is 6.03. The fraction of sp³-hybridized carbons (Fsp3) is 0.571. The van der Waals surface area contributed by atoms with Crippen molar-refractivity contribution in [2.45, 2.75) is 46.0 Å². The van der Waals surface area contributed by atoms with E-state index in [9.17, 15) is 0 Å². The molecule has 0 fully saturated rings. The summed E-state index contributed by atoms with van der Waals surface area (Å²) in [6.07, 6.45) is 6.58. The summed E-state index contributed by atoms with van der Waals surface area (Å²) in [5.41, 5.74) is 7.91. The summed E-state index contributed by atoms with van der Waals surface area (Å²) < 4.78 is 0. The van der Waals surface area contributed by atoms with Gasteiger partial charge in [-0.15, -0.1) is 12.4 Å². The Morgan fingerprint density at radius 1 is 1.00 bits per heavy atom. The highest BCUT2D eigenvalue weighted by atomic mass is 35.5. The molecule has 0 spiro atoms. The molecule has 0 heterocycles. The zero-order chi connectivity index (χ0) is 11.1. The van der Waals surface area contributed by atoms with E-state index in [4.69, 9.17) is 5.73 Å². The van der Waals surface area contributed by atoms with Gasteiger partial charge >= 0.3 is 0 Å². The van der Waals surface area contributed by atoms with E-state index in [0.717, 1.165) is 11.6 Å². The number of hydrogen-bond donors (Lipinski definition) is 1. The molecule has 0 unspecified atom stereocenters. The highest BCUT2D eigenvalue weighted by Gasteiger charge is 1.96. The predicted molar refractivity (Wildman–Crippen MR) is 75.1 cm³/mol. The van der Waals surface area contributed by atoms with Gasteiger partial charge in [0.05, 0.1) is 0 Å². The number of unbranched alkanes of at least 4 members (excludes halogenated alkanes) is 2. The molecule has 1 aromatic carbocycles.